The van der Waals surface area contributed by atoms with Gasteiger partial charge in [0.15, 0.2) is 5.65 Å². The van der Waals surface area contributed by atoms with Crippen LogP contribution in [0.4, 0.5) is 9.18 Å². The second-order valence-corrected chi connectivity index (χ2v) is 7.32. The molecule has 0 spiro atoms. The number of nitrogens with one attached hydrogen (secondary N) is 1. The van der Waals surface area contributed by atoms with Crippen molar-refractivity contribution < 1.29 is 13.9 Å². The van der Waals surface area contributed by atoms with Gasteiger partial charge in [0.2, 0.25) is 0 Å². The Labute approximate surface area is 172 Å². The van der Waals surface area contributed by atoms with Crippen LogP contribution in [0.5, 0.6) is 0 Å². The lowest BCUT2D eigenvalue weighted by Crippen LogP contribution is -2.39. The van der Waals surface area contributed by atoms with Gasteiger partial charge in [-0.2, -0.15) is 0 Å². The molecule has 158 valence electrons. The van der Waals surface area contributed by atoms with Crippen LogP contribution < -0.4 is 11.0 Å². The second kappa shape index (κ2) is 8.66. The summed E-state index contributed by atoms with van der Waals surface area (Å²) in [5.74, 6) is -0.309. The molecule has 2 amide bonds. The highest BCUT2D eigenvalue weighted by molar-refractivity contribution is 5.75. The van der Waals surface area contributed by atoms with E-state index in [4.69, 9.17) is 4.74 Å². The quantitative estimate of drug-likeness (QED) is 0.671. The van der Waals surface area contributed by atoms with Gasteiger partial charge in [-0.05, 0) is 36.2 Å². The summed E-state index contributed by atoms with van der Waals surface area (Å²) < 4.78 is 21.5. The Bertz CT molecular complexity index is 1090. The number of rotatable bonds is 6. The summed E-state index contributed by atoms with van der Waals surface area (Å²) in [6, 6.07) is 9.35. The van der Waals surface area contributed by atoms with Gasteiger partial charge in [0, 0.05) is 32.9 Å². The van der Waals surface area contributed by atoms with Crippen molar-refractivity contribution in [3.63, 3.8) is 0 Å². The van der Waals surface area contributed by atoms with Gasteiger partial charge in [0.05, 0.1) is 24.7 Å². The molecule has 3 heterocycles. The van der Waals surface area contributed by atoms with Gasteiger partial charge in [0.25, 0.3) is 0 Å². The lowest BCUT2D eigenvalue weighted by atomic mass is 10.2. The lowest BCUT2D eigenvalue weighted by molar-refractivity contribution is 0.187. The molecule has 0 unspecified atom stereocenters. The number of nitrogens with zero attached hydrogens (tertiary/aromatic N) is 4. The molecular weight excluding hydrogens is 389 g/mol. The van der Waals surface area contributed by atoms with Crippen molar-refractivity contribution in [1.29, 1.82) is 0 Å². The molecule has 0 aliphatic carbocycles. The van der Waals surface area contributed by atoms with Crippen LogP contribution in [-0.4, -0.2) is 51.9 Å². The molecule has 1 saturated heterocycles. The molecule has 4 rings (SSSR count). The summed E-state index contributed by atoms with van der Waals surface area (Å²) in [6.07, 6.45) is 2.34. The third-order valence-corrected chi connectivity index (χ3v) is 5.41. The third kappa shape index (κ3) is 3.93. The molecule has 0 bridgehead atoms. The van der Waals surface area contributed by atoms with Crippen molar-refractivity contribution in [3.05, 3.63) is 64.5 Å². The number of aromatic nitrogens is 3. The van der Waals surface area contributed by atoms with Gasteiger partial charge < -0.3 is 15.0 Å². The molecule has 1 aromatic carbocycles. The molecule has 30 heavy (non-hydrogen) atoms. The summed E-state index contributed by atoms with van der Waals surface area (Å²) in [5, 5.41) is 2.86. The monoisotopic (exact) mass is 413 g/mol. The normalized spacial score (nSPS) is 16.3. The number of halogens is 1. The first-order valence-corrected chi connectivity index (χ1v) is 9.90. The van der Waals surface area contributed by atoms with Crippen molar-refractivity contribution in [2.45, 2.75) is 25.6 Å². The zero-order valence-corrected chi connectivity index (χ0v) is 16.8. The predicted molar refractivity (Wildman–Crippen MR) is 110 cm³/mol. The van der Waals surface area contributed by atoms with Crippen LogP contribution in [0.2, 0.25) is 0 Å². The number of imidazole rings is 1. The van der Waals surface area contributed by atoms with Gasteiger partial charge in [-0.3, -0.25) is 9.13 Å². The molecule has 0 radical (unpaired) electrons. The standard InChI is InChI=1S/C21H24FN5O3/c1-30-12-11-26-18-3-2-9-23-19(18)27(21(26)29)17-8-10-25(14-17)20(28)24-13-15-4-6-16(22)7-5-15/h2-7,9,17H,8,10-14H2,1H3,(H,24,28)/t17-/m1/s1. The van der Waals surface area contributed by atoms with Crippen molar-refractivity contribution in [2.24, 2.45) is 0 Å². The van der Waals surface area contributed by atoms with Crippen molar-refractivity contribution in [2.75, 3.05) is 26.8 Å². The van der Waals surface area contributed by atoms with Crippen LogP contribution in [0.25, 0.3) is 11.2 Å². The molecule has 0 saturated carbocycles. The zero-order valence-electron chi connectivity index (χ0n) is 16.8. The summed E-state index contributed by atoms with van der Waals surface area (Å²) >= 11 is 0. The van der Waals surface area contributed by atoms with E-state index in [0.717, 1.165) is 11.1 Å². The fourth-order valence-electron chi connectivity index (χ4n) is 3.87. The SMILES string of the molecule is COCCn1c(=O)n([C@@H]2CCN(C(=O)NCc3ccc(F)cc3)C2)c2ncccc21. The van der Waals surface area contributed by atoms with Crippen molar-refractivity contribution >= 4 is 17.2 Å². The van der Waals surface area contributed by atoms with Gasteiger partial charge >= 0.3 is 11.7 Å². The molecule has 3 aromatic rings. The van der Waals surface area contributed by atoms with Gasteiger partial charge in [-0.1, -0.05) is 12.1 Å². The predicted octanol–water partition coefficient (Wildman–Crippen LogP) is 2.14. The minimum Gasteiger partial charge on any atom is -0.383 e. The van der Waals surface area contributed by atoms with Crippen LogP contribution in [0.15, 0.2) is 47.4 Å². The number of likely N-dealkylation sites (tertiary alicyclic amines) is 1. The summed E-state index contributed by atoms with van der Waals surface area (Å²) in [4.78, 5) is 31.8. The first-order valence-electron chi connectivity index (χ1n) is 9.90. The molecule has 8 nitrogen and oxygen atoms in total. The lowest BCUT2D eigenvalue weighted by Gasteiger charge is -2.18. The third-order valence-electron chi connectivity index (χ3n) is 5.41. The Kier molecular flexibility index (Phi) is 5.80. The van der Waals surface area contributed by atoms with Crippen LogP contribution >= 0.6 is 0 Å². The summed E-state index contributed by atoms with van der Waals surface area (Å²) in [7, 11) is 1.60. The van der Waals surface area contributed by atoms with E-state index in [1.807, 2.05) is 6.07 Å². The van der Waals surface area contributed by atoms with E-state index in [1.165, 1.54) is 12.1 Å². The highest BCUT2D eigenvalue weighted by atomic mass is 19.1. The average molecular weight is 413 g/mol. The smallest absolute Gasteiger partial charge is 0.330 e. The summed E-state index contributed by atoms with van der Waals surface area (Å²) in [5.41, 5.74) is 2.07. The van der Waals surface area contributed by atoms with Crippen LogP contribution in [0.3, 0.4) is 0 Å². The number of hydrogen-bond donors (Lipinski definition) is 1. The maximum atomic E-state index is 13.1. The highest BCUT2D eigenvalue weighted by Gasteiger charge is 2.30. The first kappa shape index (κ1) is 20.1. The second-order valence-electron chi connectivity index (χ2n) is 7.32. The number of ether oxygens (including phenoxy) is 1. The van der Waals surface area contributed by atoms with E-state index >= 15 is 0 Å². The van der Waals surface area contributed by atoms with Crippen LogP contribution in [-0.2, 0) is 17.8 Å². The van der Waals surface area contributed by atoms with E-state index < -0.39 is 0 Å². The van der Waals surface area contributed by atoms with Crippen LogP contribution in [0.1, 0.15) is 18.0 Å². The maximum absolute atomic E-state index is 13.1. The van der Waals surface area contributed by atoms with E-state index in [1.54, 1.807) is 45.5 Å². The number of carbonyl (C=O) groups is 1. The molecular formula is C21H24FN5O3. The maximum Gasteiger partial charge on any atom is 0.330 e. The Morgan fingerprint density at radius 1 is 1.30 bits per heavy atom. The molecule has 1 aliphatic rings. The Balaban J connectivity index is 1.48. The Hall–Kier alpha value is -3.20. The molecule has 1 fully saturated rings. The fraction of sp³-hybridized carbons (Fsp3) is 0.381. The first-order chi connectivity index (χ1) is 14.6. The van der Waals surface area contributed by atoms with Crippen molar-refractivity contribution in [1.82, 2.24) is 24.3 Å². The van der Waals surface area contributed by atoms with E-state index in [2.05, 4.69) is 10.3 Å². The number of methoxy groups -OCH3 is 1. The number of benzene rings is 1. The Morgan fingerprint density at radius 2 is 2.10 bits per heavy atom. The largest absolute Gasteiger partial charge is 0.383 e. The van der Waals surface area contributed by atoms with E-state index in [-0.39, 0.29) is 23.6 Å². The molecule has 2 aromatic heterocycles. The number of amides is 2. The van der Waals surface area contributed by atoms with Gasteiger partial charge in [0.1, 0.15) is 5.82 Å². The topological polar surface area (TPSA) is 81.4 Å². The number of urea groups is 1. The van der Waals surface area contributed by atoms with E-state index in [0.29, 0.717) is 44.9 Å². The zero-order chi connectivity index (χ0) is 21.1. The number of fused-ring (bicyclic) bond motifs is 1. The number of hydrogen-bond acceptors (Lipinski definition) is 4. The van der Waals surface area contributed by atoms with Crippen molar-refractivity contribution in [3.8, 4) is 0 Å². The Morgan fingerprint density at radius 3 is 2.87 bits per heavy atom. The summed E-state index contributed by atoms with van der Waals surface area (Å²) in [6.45, 7) is 2.16. The average Bonchev–Trinajstić information content (AvgIpc) is 3.34. The molecule has 1 N–H and O–H groups in total. The highest BCUT2D eigenvalue weighted by Crippen LogP contribution is 2.24. The van der Waals surface area contributed by atoms with Gasteiger partial charge in [-0.25, -0.2) is 19.0 Å². The molecule has 9 heteroatoms. The number of carbonyl (C=O) groups excluding carboxylic acids is 1. The minimum atomic E-state index is -0.309. The number of pyridine rings is 1. The van der Waals surface area contributed by atoms with E-state index in [9.17, 15) is 14.0 Å². The van der Waals surface area contributed by atoms with Gasteiger partial charge in [-0.15, -0.1) is 0 Å². The molecule has 1 aliphatic heterocycles. The fourth-order valence-corrected chi connectivity index (χ4v) is 3.87. The minimum absolute atomic E-state index is 0.140. The molecule has 1 atom stereocenters. The van der Waals surface area contributed by atoms with Crippen LogP contribution in [0, 0.1) is 5.82 Å².